The molecule has 204 valence electrons. The first-order valence-corrected chi connectivity index (χ1v) is 13.9. The molecule has 2 aromatic rings. The number of nitrogens with one attached hydrogen (secondary N) is 1. The highest BCUT2D eigenvalue weighted by molar-refractivity contribution is 5.94. The van der Waals surface area contributed by atoms with E-state index in [1.54, 1.807) is 11.8 Å². The minimum Gasteiger partial charge on any atom is -0.444 e. The number of pyridine rings is 1. The van der Waals surface area contributed by atoms with Gasteiger partial charge in [-0.1, -0.05) is 25.1 Å². The number of fused-ring (bicyclic) bond motifs is 1. The maximum Gasteiger partial charge on any atom is 0.410 e. The van der Waals surface area contributed by atoms with Gasteiger partial charge in [0, 0.05) is 50.2 Å². The number of rotatable bonds is 4. The highest BCUT2D eigenvalue weighted by Crippen LogP contribution is 2.49. The number of benzene rings is 1. The van der Waals surface area contributed by atoms with E-state index < -0.39 is 5.60 Å². The molecule has 8 heteroatoms. The standard InChI is InChI=1S/C30H41N5O3/c1-19-18-33(16-17-34(19)29(37)38-30(4,5)6)25-15-14-24-27(32-25)26(31-23-10-8-7-9-11-23)20(2)28(22-12-13-22)35(24)21(3)36/h7-11,14-15,19-20,22,26,28,31H,12-13,16-18H2,1-6H3/t19?,20-,26?,28?/m1/s1. The molecule has 0 spiro atoms. The van der Waals surface area contributed by atoms with Gasteiger partial charge in [-0.05, 0) is 70.7 Å². The molecule has 1 aromatic carbocycles. The number of carbonyl (C=O) groups is 2. The molecule has 3 aliphatic rings. The molecule has 0 bridgehead atoms. The highest BCUT2D eigenvalue weighted by atomic mass is 16.6. The molecule has 8 nitrogen and oxygen atoms in total. The van der Waals surface area contributed by atoms with Crippen LogP contribution in [0, 0.1) is 11.8 Å². The zero-order valence-corrected chi connectivity index (χ0v) is 23.5. The van der Waals surface area contributed by atoms with Crippen molar-refractivity contribution in [3.05, 3.63) is 48.2 Å². The molecule has 2 fully saturated rings. The number of ether oxygens (including phenoxy) is 1. The van der Waals surface area contributed by atoms with Gasteiger partial charge in [-0.3, -0.25) is 4.79 Å². The third kappa shape index (κ3) is 5.31. The van der Waals surface area contributed by atoms with Crippen molar-refractivity contribution in [2.75, 3.05) is 34.8 Å². The Balaban J connectivity index is 1.45. The van der Waals surface area contributed by atoms with Crippen molar-refractivity contribution in [3.8, 4) is 0 Å². The van der Waals surface area contributed by atoms with E-state index in [2.05, 4.69) is 35.3 Å². The topological polar surface area (TPSA) is 78.0 Å². The van der Waals surface area contributed by atoms with Crippen LogP contribution in [0.5, 0.6) is 0 Å². The number of hydrogen-bond donors (Lipinski definition) is 1. The average molecular weight is 520 g/mol. The average Bonchev–Trinajstić information content (AvgIpc) is 3.69. The van der Waals surface area contributed by atoms with Crippen molar-refractivity contribution in [3.63, 3.8) is 0 Å². The summed E-state index contributed by atoms with van der Waals surface area (Å²) in [6, 6.07) is 14.5. The van der Waals surface area contributed by atoms with Crippen molar-refractivity contribution in [1.29, 1.82) is 0 Å². The van der Waals surface area contributed by atoms with E-state index in [0.717, 1.165) is 35.7 Å². The molecule has 3 heterocycles. The lowest BCUT2D eigenvalue weighted by atomic mass is 9.82. The maximum absolute atomic E-state index is 13.0. The Hall–Kier alpha value is -3.29. The lowest BCUT2D eigenvalue weighted by Gasteiger charge is -2.46. The van der Waals surface area contributed by atoms with Gasteiger partial charge in [0.25, 0.3) is 0 Å². The number of hydrogen-bond acceptors (Lipinski definition) is 6. The number of amides is 2. The minimum atomic E-state index is -0.521. The van der Waals surface area contributed by atoms with Crippen molar-refractivity contribution in [2.24, 2.45) is 11.8 Å². The molecule has 2 amide bonds. The molecule has 1 aliphatic carbocycles. The van der Waals surface area contributed by atoms with Crippen LogP contribution < -0.4 is 15.1 Å². The number of para-hydroxylation sites is 1. The van der Waals surface area contributed by atoms with Crippen LogP contribution in [0.2, 0.25) is 0 Å². The van der Waals surface area contributed by atoms with Crippen LogP contribution in [0.1, 0.15) is 66.1 Å². The molecular formula is C30H41N5O3. The number of piperazine rings is 1. The minimum absolute atomic E-state index is 0.0124. The lowest BCUT2D eigenvalue weighted by Crippen LogP contribution is -2.55. The quantitative estimate of drug-likeness (QED) is 0.578. The number of nitrogens with zero attached hydrogens (tertiary/aromatic N) is 4. The van der Waals surface area contributed by atoms with Gasteiger partial charge in [0.05, 0.1) is 17.4 Å². The molecule has 3 unspecified atom stereocenters. The Morgan fingerprint density at radius 2 is 1.74 bits per heavy atom. The summed E-state index contributed by atoms with van der Waals surface area (Å²) in [5, 5.41) is 3.75. The van der Waals surface area contributed by atoms with E-state index in [0.29, 0.717) is 25.6 Å². The van der Waals surface area contributed by atoms with E-state index in [9.17, 15) is 9.59 Å². The van der Waals surface area contributed by atoms with Gasteiger partial charge in [0.15, 0.2) is 0 Å². The smallest absolute Gasteiger partial charge is 0.410 e. The molecule has 5 rings (SSSR count). The van der Waals surface area contributed by atoms with Gasteiger partial charge in [-0.15, -0.1) is 0 Å². The Kier molecular flexibility index (Phi) is 7.01. The third-order valence-electron chi connectivity index (χ3n) is 7.92. The summed E-state index contributed by atoms with van der Waals surface area (Å²) >= 11 is 0. The van der Waals surface area contributed by atoms with Gasteiger partial charge in [0.1, 0.15) is 11.4 Å². The van der Waals surface area contributed by atoms with Crippen LogP contribution in [-0.4, -0.2) is 59.2 Å². The molecule has 0 radical (unpaired) electrons. The van der Waals surface area contributed by atoms with Crippen LogP contribution in [0.15, 0.2) is 42.5 Å². The normalized spacial score (nSPS) is 25.6. The van der Waals surface area contributed by atoms with Gasteiger partial charge >= 0.3 is 6.09 Å². The second-order valence-corrected chi connectivity index (χ2v) is 12.1. The lowest BCUT2D eigenvalue weighted by molar-refractivity contribution is -0.117. The summed E-state index contributed by atoms with van der Waals surface area (Å²) in [7, 11) is 0. The zero-order valence-electron chi connectivity index (χ0n) is 23.5. The Morgan fingerprint density at radius 3 is 2.34 bits per heavy atom. The van der Waals surface area contributed by atoms with E-state index in [-0.39, 0.29) is 36.0 Å². The summed E-state index contributed by atoms with van der Waals surface area (Å²) in [4.78, 5) is 36.9. The third-order valence-corrected chi connectivity index (χ3v) is 7.92. The SMILES string of the molecule is CC(=O)N1c2ccc(N3CCN(C(=O)OC(C)(C)C)C(C)C3)nc2C(Nc2ccccc2)[C@@H](C)C1C1CC1. The van der Waals surface area contributed by atoms with Crippen LogP contribution >= 0.6 is 0 Å². The van der Waals surface area contributed by atoms with Crippen molar-refractivity contribution in [2.45, 2.75) is 78.1 Å². The summed E-state index contributed by atoms with van der Waals surface area (Å²) in [6.07, 6.45) is 2.06. The van der Waals surface area contributed by atoms with Gasteiger partial charge in [0.2, 0.25) is 5.91 Å². The predicted molar refractivity (Wildman–Crippen MR) is 150 cm³/mol. The predicted octanol–water partition coefficient (Wildman–Crippen LogP) is 5.46. The second-order valence-electron chi connectivity index (χ2n) is 12.1. The fourth-order valence-corrected chi connectivity index (χ4v) is 6.04. The molecular weight excluding hydrogens is 478 g/mol. The van der Waals surface area contributed by atoms with Crippen molar-refractivity contribution >= 4 is 29.2 Å². The van der Waals surface area contributed by atoms with Crippen LogP contribution in [-0.2, 0) is 9.53 Å². The summed E-state index contributed by atoms with van der Waals surface area (Å²) in [5.41, 5.74) is 2.35. The summed E-state index contributed by atoms with van der Waals surface area (Å²) < 4.78 is 5.62. The summed E-state index contributed by atoms with van der Waals surface area (Å²) in [5.74, 6) is 1.68. The van der Waals surface area contributed by atoms with Crippen LogP contribution in [0.4, 0.5) is 22.0 Å². The van der Waals surface area contributed by atoms with Crippen molar-refractivity contribution < 1.29 is 14.3 Å². The molecule has 1 aromatic heterocycles. The Labute approximate surface area is 226 Å². The highest BCUT2D eigenvalue weighted by Gasteiger charge is 2.48. The molecule has 2 aliphatic heterocycles. The number of anilines is 3. The number of carbonyl (C=O) groups excluding carboxylic acids is 2. The molecule has 1 saturated heterocycles. The fraction of sp³-hybridized carbons (Fsp3) is 0.567. The Morgan fingerprint density at radius 1 is 1.03 bits per heavy atom. The van der Waals surface area contributed by atoms with E-state index >= 15 is 0 Å². The largest absolute Gasteiger partial charge is 0.444 e. The van der Waals surface area contributed by atoms with Crippen LogP contribution in [0.25, 0.3) is 0 Å². The molecule has 1 N–H and O–H groups in total. The number of aromatic nitrogens is 1. The first kappa shape index (κ1) is 26.3. The Bertz CT molecular complexity index is 1180. The van der Waals surface area contributed by atoms with Gasteiger partial charge in [-0.2, -0.15) is 0 Å². The van der Waals surface area contributed by atoms with Gasteiger partial charge in [-0.25, -0.2) is 9.78 Å². The maximum atomic E-state index is 13.0. The zero-order chi connectivity index (χ0) is 27.2. The summed E-state index contributed by atoms with van der Waals surface area (Å²) in [6.45, 7) is 13.5. The first-order chi connectivity index (χ1) is 18.0. The fourth-order valence-electron chi connectivity index (χ4n) is 6.04. The van der Waals surface area contributed by atoms with E-state index in [1.807, 2.05) is 56.9 Å². The van der Waals surface area contributed by atoms with Crippen molar-refractivity contribution in [1.82, 2.24) is 9.88 Å². The molecule has 4 atom stereocenters. The van der Waals surface area contributed by atoms with E-state index in [1.165, 1.54) is 0 Å². The molecule has 1 saturated carbocycles. The van der Waals surface area contributed by atoms with Gasteiger partial charge < -0.3 is 24.8 Å². The van der Waals surface area contributed by atoms with Crippen LogP contribution in [0.3, 0.4) is 0 Å². The second kappa shape index (κ2) is 10.1. The van der Waals surface area contributed by atoms with E-state index in [4.69, 9.17) is 9.72 Å². The first-order valence-electron chi connectivity index (χ1n) is 13.9. The molecule has 38 heavy (non-hydrogen) atoms. The monoisotopic (exact) mass is 519 g/mol.